The van der Waals surface area contributed by atoms with Crippen molar-refractivity contribution in [2.45, 2.75) is 13.5 Å². The topological polar surface area (TPSA) is 105 Å². The lowest BCUT2D eigenvalue weighted by atomic mass is 10.1. The molecular weight excluding hydrogens is 342 g/mol. The van der Waals surface area contributed by atoms with Crippen LogP contribution in [-0.4, -0.2) is 30.6 Å². The molecule has 2 rings (SSSR count). The van der Waals surface area contributed by atoms with Crippen LogP contribution >= 0.6 is 0 Å². The van der Waals surface area contributed by atoms with Crippen molar-refractivity contribution >= 4 is 17.6 Å². The Kier molecular flexibility index (Phi) is 6.26. The summed E-state index contributed by atoms with van der Waals surface area (Å²) in [7, 11) is 1.29. The van der Waals surface area contributed by atoms with E-state index in [-0.39, 0.29) is 30.2 Å². The molecule has 0 N–H and O–H groups in total. The van der Waals surface area contributed by atoms with E-state index in [9.17, 15) is 19.7 Å². The molecular formula is C18H17NO7. The number of rotatable bonds is 7. The van der Waals surface area contributed by atoms with Gasteiger partial charge >= 0.3 is 17.6 Å². The van der Waals surface area contributed by atoms with Gasteiger partial charge in [0.2, 0.25) is 0 Å². The number of carbonyl (C=O) groups excluding carboxylic acids is 2. The molecule has 0 heterocycles. The number of carbonyl (C=O) groups is 2. The van der Waals surface area contributed by atoms with Crippen molar-refractivity contribution in [2.24, 2.45) is 0 Å². The van der Waals surface area contributed by atoms with Crippen LogP contribution in [0.4, 0.5) is 5.69 Å². The summed E-state index contributed by atoms with van der Waals surface area (Å²) in [5.41, 5.74) is 0.784. The van der Waals surface area contributed by atoms with Crippen LogP contribution < -0.4 is 4.74 Å². The lowest BCUT2D eigenvalue weighted by molar-refractivity contribution is -0.385. The number of ether oxygens (including phenoxy) is 3. The molecule has 8 heteroatoms. The highest BCUT2D eigenvalue weighted by atomic mass is 16.6. The molecule has 26 heavy (non-hydrogen) atoms. The summed E-state index contributed by atoms with van der Waals surface area (Å²) in [4.78, 5) is 34.0. The fourth-order valence-electron chi connectivity index (χ4n) is 2.15. The van der Waals surface area contributed by atoms with Crippen LogP contribution in [0.2, 0.25) is 0 Å². The normalized spacial score (nSPS) is 10.1. The molecule has 0 aromatic heterocycles. The molecule has 0 saturated heterocycles. The van der Waals surface area contributed by atoms with Gasteiger partial charge in [0.25, 0.3) is 0 Å². The van der Waals surface area contributed by atoms with E-state index in [0.29, 0.717) is 11.1 Å². The molecule has 0 saturated carbocycles. The van der Waals surface area contributed by atoms with Gasteiger partial charge < -0.3 is 14.2 Å². The molecule has 8 nitrogen and oxygen atoms in total. The molecule has 0 amide bonds. The van der Waals surface area contributed by atoms with E-state index in [4.69, 9.17) is 9.47 Å². The van der Waals surface area contributed by atoms with E-state index in [0.717, 1.165) is 6.07 Å². The molecule has 0 aliphatic rings. The van der Waals surface area contributed by atoms with Gasteiger partial charge in [-0.1, -0.05) is 12.1 Å². The summed E-state index contributed by atoms with van der Waals surface area (Å²) in [5, 5.41) is 11.1. The second kappa shape index (κ2) is 8.61. The van der Waals surface area contributed by atoms with Gasteiger partial charge in [-0.25, -0.2) is 9.59 Å². The second-order valence-corrected chi connectivity index (χ2v) is 5.14. The predicted octanol–water partition coefficient (Wildman–Crippen LogP) is 3.14. The monoisotopic (exact) mass is 359 g/mol. The highest BCUT2D eigenvalue weighted by Gasteiger charge is 2.19. The van der Waals surface area contributed by atoms with Crippen LogP contribution in [0.1, 0.15) is 33.2 Å². The minimum atomic E-state index is -0.701. The summed E-state index contributed by atoms with van der Waals surface area (Å²) >= 11 is 0. The molecule has 0 aliphatic carbocycles. The van der Waals surface area contributed by atoms with Crippen molar-refractivity contribution in [1.82, 2.24) is 0 Å². The highest BCUT2D eigenvalue weighted by Crippen LogP contribution is 2.28. The van der Waals surface area contributed by atoms with E-state index in [1.807, 2.05) is 0 Å². The number of hydrogen-bond donors (Lipinski definition) is 0. The van der Waals surface area contributed by atoms with Crippen molar-refractivity contribution in [3.8, 4) is 5.75 Å². The van der Waals surface area contributed by atoms with E-state index < -0.39 is 16.9 Å². The SMILES string of the molecule is CCOc1ccc(C(=O)OCc2ccc(C(=O)OC)cc2)cc1[N+](=O)[O-]. The van der Waals surface area contributed by atoms with Gasteiger partial charge in [-0.05, 0) is 36.8 Å². The molecule has 2 aromatic carbocycles. The summed E-state index contributed by atoms with van der Waals surface area (Å²) in [6.45, 7) is 1.94. The fourth-order valence-corrected chi connectivity index (χ4v) is 2.15. The first-order chi connectivity index (χ1) is 12.5. The van der Waals surface area contributed by atoms with E-state index >= 15 is 0 Å². The Morgan fingerprint density at radius 1 is 1.04 bits per heavy atom. The maximum Gasteiger partial charge on any atom is 0.338 e. The lowest BCUT2D eigenvalue weighted by Crippen LogP contribution is -2.07. The number of nitro benzene ring substituents is 1. The molecule has 0 radical (unpaired) electrons. The van der Waals surface area contributed by atoms with Gasteiger partial charge in [0.15, 0.2) is 5.75 Å². The highest BCUT2D eigenvalue weighted by molar-refractivity contribution is 5.91. The zero-order valence-corrected chi connectivity index (χ0v) is 14.3. The largest absolute Gasteiger partial charge is 0.487 e. The smallest absolute Gasteiger partial charge is 0.338 e. The molecule has 0 aliphatic heterocycles. The maximum absolute atomic E-state index is 12.1. The minimum Gasteiger partial charge on any atom is -0.487 e. The van der Waals surface area contributed by atoms with Crippen LogP contribution in [0, 0.1) is 10.1 Å². The van der Waals surface area contributed by atoms with Crippen molar-refractivity contribution in [2.75, 3.05) is 13.7 Å². The molecule has 136 valence electrons. The summed E-state index contributed by atoms with van der Waals surface area (Å²) in [6.07, 6.45) is 0. The first-order valence-electron chi connectivity index (χ1n) is 7.72. The van der Waals surface area contributed by atoms with Crippen molar-refractivity contribution < 1.29 is 28.7 Å². The number of nitrogens with zero attached hydrogens (tertiary/aromatic N) is 1. The summed E-state index contributed by atoms with van der Waals surface area (Å²) in [6, 6.07) is 10.2. The van der Waals surface area contributed by atoms with Gasteiger partial charge in [-0.3, -0.25) is 10.1 Å². The third-order valence-electron chi connectivity index (χ3n) is 3.44. The molecule has 0 fully saturated rings. The van der Waals surface area contributed by atoms with Crippen LogP contribution in [0.3, 0.4) is 0 Å². The average molecular weight is 359 g/mol. The predicted molar refractivity (Wildman–Crippen MR) is 91.2 cm³/mol. The summed E-state index contributed by atoms with van der Waals surface area (Å²) < 4.78 is 14.9. The Bertz CT molecular complexity index is 815. The van der Waals surface area contributed by atoms with E-state index in [1.54, 1.807) is 31.2 Å². The molecule has 0 atom stereocenters. The fraction of sp³-hybridized carbons (Fsp3) is 0.222. The minimum absolute atomic E-state index is 0.0404. The Balaban J connectivity index is 2.06. The van der Waals surface area contributed by atoms with Gasteiger partial charge in [-0.15, -0.1) is 0 Å². The average Bonchev–Trinajstić information content (AvgIpc) is 2.66. The van der Waals surface area contributed by atoms with Crippen LogP contribution in [-0.2, 0) is 16.1 Å². The molecule has 0 spiro atoms. The third-order valence-corrected chi connectivity index (χ3v) is 3.44. The van der Waals surface area contributed by atoms with E-state index in [1.165, 1.54) is 19.2 Å². The quantitative estimate of drug-likeness (QED) is 0.425. The van der Waals surface area contributed by atoms with Crippen LogP contribution in [0.25, 0.3) is 0 Å². The number of methoxy groups -OCH3 is 1. The Labute approximate surface area is 149 Å². The Hall–Kier alpha value is -3.42. The van der Waals surface area contributed by atoms with Gasteiger partial charge in [-0.2, -0.15) is 0 Å². The zero-order valence-electron chi connectivity index (χ0n) is 14.3. The van der Waals surface area contributed by atoms with Crippen molar-refractivity contribution in [1.29, 1.82) is 0 Å². The standard InChI is InChI=1S/C18H17NO7/c1-3-25-16-9-8-14(10-15(16)19(22)23)18(21)26-11-12-4-6-13(7-5-12)17(20)24-2/h4-10H,3,11H2,1-2H3. The Morgan fingerprint density at radius 3 is 2.27 bits per heavy atom. The van der Waals surface area contributed by atoms with Gasteiger partial charge in [0, 0.05) is 6.07 Å². The number of nitro groups is 1. The van der Waals surface area contributed by atoms with Crippen molar-refractivity contribution in [3.63, 3.8) is 0 Å². The van der Waals surface area contributed by atoms with Crippen LogP contribution in [0.5, 0.6) is 5.75 Å². The van der Waals surface area contributed by atoms with Gasteiger partial charge in [0.05, 0.1) is 29.8 Å². The summed E-state index contributed by atoms with van der Waals surface area (Å²) in [5.74, 6) is -1.07. The Morgan fingerprint density at radius 2 is 1.69 bits per heavy atom. The second-order valence-electron chi connectivity index (χ2n) is 5.14. The lowest BCUT2D eigenvalue weighted by Gasteiger charge is -2.08. The first kappa shape index (κ1) is 18.9. The van der Waals surface area contributed by atoms with Gasteiger partial charge in [0.1, 0.15) is 6.61 Å². The number of esters is 2. The zero-order chi connectivity index (χ0) is 19.1. The molecule has 0 bridgehead atoms. The molecule has 2 aromatic rings. The van der Waals surface area contributed by atoms with Crippen LogP contribution in [0.15, 0.2) is 42.5 Å². The van der Waals surface area contributed by atoms with E-state index in [2.05, 4.69) is 4.74 Å². The number of hydrogen-bond acceptors (Lipinski definition) is 7. The first-order valence-corrected chi connectivity index (χ1v) is 7.72. The number of benzene rings is 2. The molecule has 0 unspecified atom stereocenters. The maximum atomic E-state index is 12.1. The third kappa shape index (κ3) is 4.56. The van der Waals surface area contributed by atoms with Crippen molar-refractivity contribution in [3.05, 3.63) is 69.3 Å².